The molecule has 1 fully saturated rings. The quantitative estimate of drug-likeness (QED) is 0.243. The fourth-order valence-electron chi connectivity index (χ4n) is 6.21. The largest absolute Gasteiger partial charge is 0.497 e. The van der Waals surface area contributed by atoms with E-state index in [-0.39, 0.29) is 11.8 Å². The predicted octanol–water partition coefficient (Wildman–Crippen LogP) is 6.08. The van der Waals surface area contributed by atoms with E-state index in [1.807, 2.05) is 50.5 Å². The number of aromatic nitrogens is 1. The number of anilines is 1. The van der Waals surface area contributed by atoms with Gasteiger partial charge in [0.15, 0.2) is 0 Å². The van der Waals surface area contributed by atoms with Crippen LogP contribution in [0.15, 0.2) is 54.9 Å². The first-order chi connectivity index (χ1) is 21.6. The second-order valence-corrected chi connectivity index (χ2v) is 12.9. The average molecular weight is 614 g/mol. The summed E-state index contributed by atoms with van der Waals surface area (Å²) in [5.74, 6) is 1.06. The highest BCUT2D eigenvalue weighted by molar-refractivity contribution is 6.00. The molecule has 2 N–H and O–H groups in total. The Kier molecular flexibility index (Phi) is 12.0. The lowest BCUT2D eigenvalue weighted by molar-refractivity contribution is 0.0934. The molecule has 8 nitrogen and oxygen atoms in total. The molecule has 0 spiro atoms. The van der Waals surface area contributed by atoms with E-state index >= 15 is 0 Å². The normalized spacial score (nSPS) is 14.7. The van der Waals surface area contributed by atoms with E-state index < -0.39 is 0 Å². The number of ether oxygens (including phenoxy) is 1. The van der Waals surface area contributed by atoms with Crippen molar-refractivity contribution >= 4 is 17.5 Å². The van der Waals surface area contributed by atoms with E-state index in [0.717, 1.165) is 55.8 Å². The van der Waals surface area contributed by atoms with Crippen LogP contribution in [-0.2, 0) is 6.54 Å². The number of methoxy groups -OCH3 is 1. The van der Waals surface area contributed by atoms with E-state index in [0.29, 0.717) is 42.2 Å². The van der Waals surface area contributed by atoms with Crippen molar-refractivity contribution < 1.29 is 14.3 Å². The van der Waals surface area contributed by atoms with Crippen molar-refractivity contribution in [2.24, 2.45) is 5.92 Å². The van der Waals surface area contributed by atoms with Crippen LogP contribution in [0.5, 0.6) is 5.75 Å². The third kappa shape index (κ3) is 9.07. The summed E-state index contributed by atoms with van der Waals surface area (Å²) < 4.78 is 5.41. The highest BCUT2D eigenvalue weighted by Crippen LogP contribution is 2.29. The molecule has 1 aliphatic heterocycles. The van der Waals surface area contributed by atoms with Crippen molar-refractivity contribution in [1.29, 1.82) is 0 Å². The van der Waals surface area contributed by atoms with Crippen molar-refractivity contribution in [2.45, 2.75) is 79.4 Å². The fourth-order valence-corrected chi connectivity index (χ4v) is 6.21. The lowest BCUT2D eigenvalue weighted by Gasteiger charge is -2.42. The van der Waals surface area contributed by atoms with Crippen LogP contribution in [0.2, 0.25) is 0 Å². The number of rotatable bonds is 13. The number of piperidine rings is 1. The molecule has 0 radical (unpaired) electrons. The maximum Gasteiger partial charge on any atom is 0.251 e. The number of nitrogens with zero attached hydrogens (tertiary/aromatic N) is 3. The molecule has 45 heavy (non-hydrogen) atoms. The zero-order valence-corrected chi connectivity index (χ0v) is 28.2. The summed E-state index contributed by atoms with van der Waals surface area (Å²) in [6.45, 7) is 16.4. The summed E-state index contributed by atoms with van der Waals surface area (Å²) in [6, 6.07) is 14.9. The molecule has 2 heterocycles. The van der Waals surface area contributed by atoms with E-state index in [4.69, 9.17) is 4.74 Å². The van der Waals surface area contributed by atoms with Crippen LogP contribution >= 0.6 is 0 Å². The third-order valence-electron chi connectivity index (χ3n) is 9.00. The van der Waals surface area contributed by atoms with E-state index in [2.05, 4.69) is 71.3 Å². The monoisotopic (exact) mass is 613 g/mol. The Labute approximate surface area is 269 Å². The Morgan fingerprint density at radius 3 is 2.22 bits per heavy atom. The van der Waals surface area contributed by atoms with Gasteiger partial charge in [0, 0.05) is 74.0 Å². The SMILES string of the molecule is COc1ccc(N(Cc2cnccc2C)C2CCN([C@H](C)CCNC(=O)c3cc(C)c(C(=O)NCC(C)C)c(C)c3)CC2)cc1. The van der Waals surface area contributed by atoms with Crippen molar-refractivity contribution in [2.75, 3.05) is 38.2 Å². The fraction of sp³-hybridized carbons (Fsp3) is 0.486. The van der Waals surface area contributed by atoms with Gasteiger partial charge in [-0.2, -0.15) is 0 Å². The second-order valence-electron chi connectivity index (χ2n) is 12.9. The summed E-state index contributed by atoms with van der Waals surface area (Å²) >= 11 is 0. The first-order valence-electron chi connectivity index (χ1n) is 16.3. The van der Waals surface area contributed by atoms with Crippen molar-refractivity contribution in [3.05, 3.63) is 88.2 Å². The molecule has 4 rings (SSSR count). The Morgan fingerprint density at radius 1 is 0.956 bits per heavy atom. The number of carbonyl (C=O) groups is 2. The summed E-state index contributed by atoms with van der Waals surface area (Å²) in [4.78, 5) is 35.2. The molecule has 2 amide bonds. The van der Waals surface area contributed by atoms with Gasteiger partial charge in [0.25, 0.3) is 11.8 Å². The molecule has 2 aromatic carbocycles. The minimum absolute atomic E-state index is 0.0810. The number of hydrogen-bond donors (Lipinski definition) is 2. The van der Waals surface area contributed by atoms with Crippen molar-refractivity contribution in [1.82, 2.24) is 20.5 Å². The number of aryl methyl sites for hydroxylation is 3. The number of benzene rings is 2. The maximum absolute atomic E-state index is 13.0. The van der Waals surface area contributed by atoms with Gasteiger partial charge in [-0.3, -0.25) is 14.6 Å². The minimum atomic E-state index is -0.0953. The van der Waals surface area contributed by atoms with Gasteiger partial charge in [0.1, 0.15) is 5.75 Å². The van der Waals surface area contributed by atoms with Gasteiger partial charge in [-0.25, -0.2) is 0 Å². The number of pyridine rings is 1. The van der Waals surface area contributed by atoms with Crippen LogP contribution < -0.4 is 20.3 Å². The summed E-state index contributed by atoms with van der Waals surface area (Å²) in [7, 11) is 1.70. The Hall–Kier alpha value is -3.91. The van der Waals surface area contributed by atoms with Crippen LogP contribution in [0, 0.1) is 26.7 Å². The van der Waals surface area contributed by atoms with Gasteiger partial charge in [-0.1, -0.05) is 13.8 Å². The van der Waals surface area contributed by atoms with Crippen LogP contribution in [0.25, 0.3) is 0 Å². The molecule has 8 heteroatoms. The minimum Gasteiger partial charge on any atom is -0.497 e. The number of amides is 2. The Bertz CT molecular complexity index is 1410. The van der Waals surface area contributed by atoms with Crippen molar-refractivity contribution in [3.63, 3.8) is 0 Å². The topological polar surface area (TPSA) is 86.8 Å². The lowest BCUT2D eigenvalue weighted by Crippen LogP contribution is -2.48. The molecule has 1 aliphatic rings. The molecule has 1 atom stereocenters. The molecule has 242 valence electrons. The number of carbonyl (C=O) groups excluding carboxylic acids is 2. The van der Waals surface area contributed by atoms with E-state index in [1.54, 1.807) is 7.11 Å². The molecule has 0 aliphatic carbocycles. The summed E-state index contributed by atoms with van der Waals surface area (Å²) in [5, 5.41) is 6.10. The molecular formula is C37H51N5O3. The molecule has 1 saturated heterocycles. The third-order valence-corrected chi connectivity index (χ3v) is 9.00. The summed E-state index contributed by atoms with van der Waals surface area (Å²) in [5.41, 5.74) is 6.59. The van der Waals surface area contributed by atoms with Gasteiger partial charge in [-0.05, 0) is 118 Å². The van der Waals surface area contributed by atoms with Gasteiger partial charge >= 0.3 is 0 Å². The second kappa shape index (κ2) is 15.9. The van der Waals surface area contributed by atoms with Gasteiger partial charge < -0.3 is 25.2 Å². The Balaban J connectivity index is 1.31. The lowest BCUT2D eigenvalue weighted by atomic mass is 9.98. The highest BCUT2D eigenvalue weighted by atomic mass is 16.5. The molecule has 1 aromatic heterocycles. The Morgan fingerprint density at radius 2 is 1.62 bits per heavy atom. The molecule has 0 saturated carbocycles. The van der Waals surface area contributed by atoms with Crippen LogP contribution in [0.3, 0.4) is 0 Å². The molecule has 0 unspecified atom stereocenters. The number of likely N-dealkylation sites (tertiary alicyclic amines) is 1. The zero-order chi connectivity index (χ0) is 32.5. The van der Waals surface area contributed by atoms with Crippen LogP contribution in [0.1, 0.15) is 83.0 Å². The van der Waals surface area contributed by atoms with Crippen LogP contribution in [0.4, 0.5) is 5.69 Å². The first-order valence-corrected chi connectivity index (χ1v) is 16.3. The number of nitrogens with one attached hydrogen (secondary N) is 2. The summed E-state index contributed by atoms with van der Waals surface area (Å²) in [6.07, 6.45) is 6.85. The van der Waals surface area contributed by atoms with Gasteiger partial charge in [0.2, 0.25) is 0 Å². The highest BCUT2D eigenvalue weighted by Gasteiger charge is 2.28. The van der Waals surface area contributed by atoms with E-state index in [1.165, 1.54) is 16.8 Å². The first kappa shape index (κ1) is 34.0. The zero-order valence-electron chi connectivity index (χ0n) is 28.2. The average Bonchev–Trinajstić information content (AvgIpc) is 3.03. The number of hydrogen-bond acceptors (Lipinski definition) is 6. The van der Waals surface area contributed by atoms with E-state index in [9.17, 15) is 9.59 Å². The smallest absolute Gasteiger partial charge is 0.251 e. The molecule has 0 bridgehead atoms. The maximum atomic E-state index is 13.0. The standard InChI is InChI=1S/C37H51N5O3/c1-25(2)22-40-37(44)35-27(4)20-30(21-28(35)5)36(43)39-17-13-29(6)41-18-14-33(15-19-41)42(24-31-23-38-16-12-26(31)3)32-8-10-34(45-7)11-9-32/h8-12,16,20-21,23,25,29,33H,13-15,17-19,22,24H2,1-7H3,(H,39,43)(H,40,44)/t29-/m1/s1. The molecular weight excluding hydrogens is 562 g/mol. The predicted molar refractivity (Wildman–Crippen MR) is 182 cm³/mol. The molecule has 3 aromatic rings. The van der Waals surface area contributed by atoms with Crippen LogP contribution in [-0.4, -0.2) is 67.1 Å². The van der Waals surface area contributed by atoms with Gasteiger partial charge in [0.05, 0.1) is 7.11 Å². The van der Waals surface area contributed by atoms with Gasteiger partial charge in [-0.15, -0.1) is 0 Å². The van der Waals surface area contributed by atoms with Crippen molar-refractivity contribution in [3.8, 4) is 5.75 Å².